The van der Waals surface area contributed by atoms with Crippen LogP contribution in [0.4, 0.5) is 0 Å². The summed E-state index contributed by atoms with van der Waals surface area (Å²) in [5.74, 6) is -0.274. The van der Waals surface area contributed by atoms with Crippen LogP contribution in [-0.4, -0.2) is 22.6 Å². The van der Waals surface area contributed by atoms with Gasteiger partial charge < -0.3 is 9.73 Å². The molecule has 0 fully saturated rings. The van der Waals surface area contributed by atoms with Crippen LogP contribution in [0.1, 0.15) is 10.7 Å². The molecule has 0 spiro atoms. The Hall–Kier alpha value is -2.14. The highest BCUT2D eigenvalue weighted by Gasteiger charge is 2.14. The van der Waals surface area contributed by atoms with E-state index < -0.39 is 5.91 Å². The summed E-state index contributed by atoms with van der Waals surface area (Å²) in [6, 6.07) is 6.95. The van der Waals surface area contributed by atoms with Crippen molar-refractivity contribution in [2.24, 2.45) is 0 Å². The van der Waals surface area contributed by atoms with E-state index in [1.54, 1.807) is 30.3 Å². The Bertz CT molecular complexity index is 580. The molecule has 0 aliphatic heterocycles. The molecule has 92 valence electrons. The van der Waals surface area contributed by atoms with E-state index in [2.05, 4.69) is 22.1 Å². The van der Waals surface area contributed by atoms with Crippen molar-refractivity contribution in [3.63, 3.8) is 0 Å². The van der Waals surface area contributed by atoms with Crippen molar-refractivity contribution in [1.82, 2.24) is 15.5 Å². The maximum atomic E-state index is 11.5. The average Bonchev–Trinajstić information content (AvgIpc) is 2.85. The minimum Gasteiger partial charge on any atom is -0.412 e. The zero-order valence-corrected chi connectivity index (χ0v) is 10.1. The standard InChI is InChI=1S/C12H10ClN3O2/c1-2-6-14-10(17)12-16-15-11(18-12)8-4-3-5-9(13)7-8/h2-5,7H,1,6H2,(H,14,17). The van der Waals surface area contributed by atoms with Crippen molar-refractivity contribution in [2.45, 2.75) is 0 Å². The third-order valence-corrected chi connectivity index (χ3v) is 2.33. The van der Waals surface area contributed by atoms with Gasteiger partial charge in [-0.05, 0) is 18.2 Å². The SMILES string of the molecule is C=CCNC(=O)c1nnc(-c2cccc(Cl)c2)o1. The lowest BCUT2D eigenvalue weighted by molar-refractivity contribution is 0.0924. The summed E-state index contributed by atoms with van der Waals surface area (Å²) in [5, 5.41) is 10.6. The van der Waals surface area contributed by atoms with Crippen LogP contribution in [0.25, 0.3) is 11.5 Å². The van der Waals surface area contributed by atoms with Crippen molar-refractivity contribution in [3.8, 4) is 11.5 Å². The van der Waals surface area contributed by atoms with Gasteiger partial charge in [0.1, 0.15) is 0 Å². The highest BCUT2D eigenvalue weighted by molar-refractivity contribution is 6.30. The maximum absolute atomic E-state index is 11.5. The number of nitrogens with zero attached hydrogens (tertiary/aromatic N) is 2. The fourth-order valence-electron chi connectivity index (χ4n) is 1.29. The molecule has 18 heavy (non-hydrogen) atoms. The highest BCUT2D eigenvalue weighted by Crippen LogP contribution is 2.21. The number of aromatic nitrogens is 2. The second-order valence-electron chi connectivity index (χ2n) is 3.42. The van der Waals surface area contributed by atoms with Crippen LogP contribution in [0.15, 0.2) is 41.3 Å². The van der Waals surface area contributed by atoms with Crippen LogP contribution in [0, 0.1) is 0 Å². The van der Waals surface area contributed by atoms with Gasteiger partial charge in [0.15, 0.2) is 0 Å². The first-order valence-corrected chi connectivity index (χ1v) is 5.57. The molecular weight excluding hydrogens is 254 g/mol. The maximum Gasteiger partial charge on any atom is 0.309 e. The van der Waals surface area contributed by atoms with Crippen LogP contribution in [0.3, 0.4) is 0 Å². The van der Waals surface area contributed by atoms with E-state index in [1.165, 1.54) is 0 Å². The first-order valence-electron chi connectivity index (χ1n) is 5.19. The summed E-state index contributed by atoms with van der Waals surface area (Å²) in [6.07, 6.45) is 1.56. The summed E-state index contributed by atoms with van der Waals surface area (Å²) < 4.78 is 5.26. The first-order chi connectivity index (χ1) is 8.70. The van der Waals surface area contributed by atoms with E-state index in [4.69, 9.17) is 16.0 Å². The fourth-order valence-corrected chi connectivity index (χ4v) is 1.48. The van der Waals surface area contributed by atoms with Crippen LogP contribution in [0.2, 0.25) is 5.02 Å². The third-order valence-electron chi connectivity index (χ3n) is 2.10. The Morgan fingerprint density at radius 1 is 1.50 bits per heavy atom. The molecule has 1 amide bonds. The summed E-state index contributed by atoms with van der Waals surface area (Å²) in [7, 11) is 0. The van der Waals surface area contributed by atoms with Gasteiger partial charge in [0, 0.05) is 17.1 Å². The number of nitrogens with one attached hydrogen (secondary N) is 1. The second-order valence-corrected chi connectivity index (χ2v) is 3.86. The number of benzene rings is 1. The quantitative estimate of drug-likeness (QED) is 0.860. The first kappa shape index (κ1) is 12.3. The average molecular weight is 264 g/mol. The van der Waals surface area contributed by atoms with E-state index in [0.717, 1.165) is 0 Å². The molecule has 0 atom stereocenters. The van der Waals surface area contributed by atoms with Gasteiger partial charge in [-0.3, -0.25) is 4.79 Å². The molecule has 0 aliphatic rings. The number of carbonyl (C=O) groups is 1. The predicted octanol–water partition coefficient (Wildman–Crippen LogP) is 2.31. The molecule has 0 aliphatic carbocycles. The van der Waals surface area contributed by atoms with Crippen LogP contribution in [-0.2, 0) is 0 Å². The normalized spacial score (nSPS) is 10.1. The Kier molecular flexibility index (Phi) is 3.74. The van der Waals surface area contributed by atoms with Gasteiger partial charge >= 0.3 is 11.8 Å². The monoisotopic (exact) mass is 263 g/mol. The molecule has 1 aromatic heterocycles. The van der Waals surface area contributed by atoms with Crippen LogP contribution < -0.4 is 5.32 Å². The van der Waals surface area contributed by atoms with Crippen LogP contribution >= 0.6 is 11.6 Å². The zero-order valence-electron chi connectivity index (χ0n) is 9.39. The number of rotatable bonds is 4. The number of halogens is 1. The smallest absolute Gasteiger partial charge is 0.309 e. The largest absolute Gasteiger partial charge is 0.412 e. The van der Waals surface area contributed by atoms with Crippen molar-refractivity contribution in [2.75, 3.05) is 6.54 Å². The highest BCUT2D eigenvalue weighted by atomic mass is 35.5. The molecular formula is C12H10ClN3O2. The third kappa shape index (κ3) is 2.75. The van der Waals surface area contributed by atoms with E-state index in [1.807, 2.05) is 0 Å². The van der Waals surface area contributed by atoms with Gasteiger partial charge in [-0.15, -0.1) is 16.8 Å². The van der Waals surface area contributed by atoms with Gasteiger partial charge in [-0.2, -0.15) is 0 Å². The van der Waals surface area contributed by atoms with Gasteiger partial charge in [0.25, 0.3) is 0 Å². The molecule has 0 saturated carbocycles. The van der Waals surface area contributed by atoms with Crippen molar-refractivity contribution < 1.29 is 9.21 Å². The van der Waals surface area contributed by atoms with Crippen molar-refractivity contribution in [3.05, 3.63) is 47.8 Å². The minimum atomic E-state index is -0.435. The van der Waals surface area contributed by atoms with Gasteiger partial charge in [0.05, 0.1) is 0 Å². The Labute approximate surface area is 108 Å². The molecule has 1 heterocycles. The second kappa shape index (κ2) is 5.46. The molecule has 2 aromatic rings. The lowest BCUT2D eigenvalue weighted by Crippen LogP contribution is -2.23. The van der Waals surface area contributed by atoms with E-state index >= 15 is 0 Å². The summed E-state index contributed by atoms with van der Waals surface area (Å²) in [5.41, 5.74) is 0.665. The Morgan fingerprint density at radius 3 is 3.06 bits per heavy atom. The molecule has 0 saturated heterocycles. The minimum absolute atomic E-state index is 0.0909. The van der Waals surface area contributed by atoms with Crippen LogP contribution in [0.5, 0.6) is 0 Å². The van der Waals surface area contributed by atoms with Crippen molar-refractivity contribution >= 4 is 17.5 Å². The topological polar surface area (TPSA) is 68.0 Å². The molecule has 2 rings (SSSR count). The molecule has 6 heteroatoms. The predicted molar refractivity (Wildman–Crippen MR) is 67.3 cm³/mol. The van der Waals surface area contributed by atoms with E-state index in [0.29, 0.717) is 17.1 Å². The molecule has 5 nitrogen and oxygen atoms in total. The molecule has 0 bridgehead atoms. The van der Waals surface area contributed by atoms with Crippen molar-refractivity contribution in [1.29, 1.82) is 0 Å². The summed E-state index contributed by atoms with van der Waals surface area (Å²) >= 11 is 5.85. The zero-order chi connectivity index (χ0) is 13.0. The van der Waals surface area contributed by atoms with E-state index in [-0.39, 0.29) is 11.8 Å². The van der Waals surface area contributed by atoms with Gasteiger partial charge in [-0.1, -0.05) is 23.7 Å². The number of hydrogen-bond acceptors (Lipinski definition) is 4. The number of carbonyl (C=O) groups excluding carboxylic acids is 1. The number of amides is 1. The van der Waals surface area contributed by atoms with E-state index in [9.17, 15) is 4.79 Å². The summed E-state index contributed by atoms with van der Waals surface area (Å²) in [4.78, 5) is 11.5. The van der Waals surface area contributed by atoms with Gasteiger partial charge in [-0.25, -0.2) is 0 Å². The molecule has 0 radical (unpaired) electrons. The van der Waals surface area contributed by atoms with Gasteiger partial charge in [0.2, 0.25) is 5.89 Å². The molecule has 0 unspecified atom stereocenters. The lowest BCUT2D eigenvalue weighted by Gasteiger charge is -1.96. The lowest BCUT2D eigenvalue weighted by atomic mass is 10.2. The Morgan fingerprint density at radius 2 is 2.33 bits per heavy atom. The molecule has 1 N–H and O–H groups in total. The number of hydrogen-bond donors (Lipinski definition) is 1. The Balaban J connectivity index is 2.20. The summed E-state index contributed by atoms with van der Waals surface area (Å²) in [6.45, 7) is 3.83. The fraction of sp³-hybridized carbons (Fsp3) is 0.0833. The molecule has 1 aromatic carbocycles.